The van der Waals surface area contributed by atoms with Crippen molar-refractivity contribution >= 4 is 40.5 Å². The predicted octanol–water partition coefficient (Wildman–Crippen LogP) is 5.18. The zero-order valence-electron chi connectivity index (χ0n) is 11.7. The lowest BCUT2D eigenvalue weighted by Gasteiger charge is -2.13. The summed E-state index contributed by atoms with van der Waals surface area (Å²) >= 11 is 12.3. The van der Waals surface area contributed by atoms with E-state index in [4.69, 9.17) is 23.2 Å². The lowest BCUT2D eigenvalue weighted by molar-refractivity contribution is 1.16. The standard InChI is InChI=1S/C15H17Cl2N3/c1-4-18-14-11(16)8-12(17)15(20-14)19-13-6-5-9(2)7-10(13)3/h5-8H,4H2,1-3H3,(H2,18,19,20). The molecule has 20 heavy (non-hydrogen) atoms. The Bertz CT molecular complexity index is 627. The SMILES string of the molecule is CCNc1nc(Nc2ccc(C)cc2C)c(Cl)cc1Cl. The van der Waals surface area contributed by atoms with Crippen LogP contribution in [0.3, 0.4) is 0 Å². The molecular formula is C15H17Cl2N3. The van der Waals surface area contributed by atoms with Crippen molar-refractivity contribution < 1.29 is 0 Å². The first-order valence-corrected chi connectivity index (χ1v) is 7.21. The van der Waals surface area contributed by atoms with Gasteiger partial charge in [0.25, 0.3) is 0 Å². The molecule has 0 atom stereocenters. The van der Waals surface area contributed by atoms with Crippen molar-refractivity contribution in [2.45, 2.75) is 20.8 Å². The summed E-state index contributed by atoms with van der Waals surface area (Å²) in [5, 5.41) is 7.38. The molecule has 2 N–H and O–H groups in total. The molecule has 1 aromatic carbocycles. The molecule has 0 amide bonds. The lowest BCUT2D eigenvalue weighted by atomic mass is 10.1. The summed E-state index contributed by atoms with van der Waals surface area (Å²) in [5.41, 5.74) is 3.34. The fourth-order valence-electron chi connectivity index (χ4n) is 1.93. The highest BCUT2D eigenvalue weighted by molar-refractivity contribution is 6.37. The molecule has 106 valence electrons. The van der Waals surface area contributed by atoms with Gasteiger partial charge in [0.05, 0.1) is 10.0 Å². The van der Waals surface area contributed by atoms with Gasteiger partial charge >= 0.3 is 0 Å². The average Bonchev–Trinajstić information content (AvgIpc) is 2.38. The molecular weight excluding hydrogens is 293 g/mol. The second-order valence-electron chi connectivity index (χ2n) is 4.62. The summed E-state index contributed by atoms with van der Waals surface area (Å²) < 4.78 is 0. The molecule has 0 bridgehead atoms. The number of aryl methyl sites for hydroxylation is 2. The fraction of sp³-hybridized carbons (Fsp3) is 0.267. The normalized spacial score (nSPS) is 10.4. The predicted molar refractivity (Wildman–Crippen MR) is 87.6 cm³/mol. The highest BCUT2D eigenvalue weighted by Gasteiger charge is 2.10. The smallest absolute Gasteiger partial charge is 0.151 e. The number of nitrogens with one attached hydrogen (secondary N) is 2. The van der Waals surface area contributed by atoms with Crippen LogP contribution in [-0.2, 0) is 0 Å². The maximum absolute atomic E-state index is 6.20. The Kier molecular flexibility index (Phi) is 4.73. The summed E-state index contributed by atoms with van der Waals surface area (Å²) in [6.07, 6.45) is 0. The van der Waals surface area contributed by atoms with Crippen molar-refractivity contribution in [3.8, 4) is 0 Å². The van der Waals surface area contributed by atoms with Crippen LogP contribution >= 0.6 is 23.2 Å². The van der Waals surface area contributed by atoms with Crippen LogP contribution in [0.2, 0.25) is 10.0 Å². The van der Waals surface area contributed by atoms with E-state index in [0.717, 1.165) is 17.8 Å². The van der Waals surface area contributed by atoms with E-state index >= 15 is 0 Å². The number of benzene rings is 1. The third-order valence-electron chi connectivity index (χ3n) is 2.91. The van der Waals surface area contributed by atoms with Gasteiger partial charge in [0.1, 0.15) is 5.82 Å². The molecule has 0 saturated heterocycles. The van der Waals surface area contributed by atoms with Crippen molar-refractivity contribution in [3.63, 3.8) is 0 Å². The van der Waals surface area contributed by atoms with Crippen LogP contribution < -0.4 is 10.6 Å². The van der Waals surface area contributed by atoms with Gasteiger partial charge in [-0.3, -0.25) is 0 Å². The van der Waals surface area contributed by atoms with E-state index in [9.17, 15) is 0 Å². The molecule has 0 unspecified atom stereocenters. The van der Waals surface area contributed by atoms with Crippen molar-refractivity contribution in [1.29, 1.82) is 0 Å². The van der Waals surface area contributed by atoms with Gasteiger partial charge in [0, 0.05) is 12.2 Å². The van der Waals surface area contributed by atoms with E-state index in [-0.39, 0.29) is 0 Å². The second-order valence-corrected chi connectivity index (χ2v) is 5.44. The van der Waals surface area contributed by atoms with Crippen LogP contribution in [-0.4, -0.2) is 11.5 Å². The fourth-order valence-corrected chi connectivity index (χ4v) is 2.40. The maximum Gasteiger partial charge on any atom is 0.151 e. The number of anilines is 3. The highest BCUT2D eigenvalue weighted by Crippen LogP contribution is 2.31. The Morgan fingerprint density at radius 1 is 1.05 bits per heavy atom. The van der Waals surface area contributed by atoms with Gasteiger partial charge in [-0.05, 0) is 38.5 Å². The molecule has 0 aliphatic rings. The number of rotatable bonds is 4. The number of hydrogen-bond donors (Lipinski definition) is 2. The molecule has 0 saturated carbocycles. The molecule has 3 nitrogen and oxygen atoms in total. The van der Waals surface area contributed by atoms with Crippen LogP contribution in [0.25, 0.3) is 0 Å². The first-order chi connectivity index (χ1) is 9.51. The Morgan fingerprint density at radius 3 is 2.40 bits per heavy atom. The number of nitrogens with zero attached hydrogens (tertiary/aromatic N) is 1. The summed E-state index contributed by atoms with van der Waals surface area (Å²) in [6.45, 7) is 6.85. The molecule has 5 heteroatoms. The molecule has 0 spiro atoms. The summed E-state index contributed by atoms with van der Waals surface area (Å²) in [6, 6.07) is 7.87. The van der Waals surface area contributed by atoms with Gasteiger partial charge < -0.3 is 10.6 Å². The van der Waals surface area contributed by atoms with E-state index in [0.29, 0.717) is 21.7 Å². The zero-order valence-corrected chi connectivity index (χ0v) is 13.2. The van der Waals surface area contributed by atoms with Crippen LogP contribution in [0.5, 0.6) is 0 Å². The molecule has 1 heterocycles. The third-order valence-corrected chi connectivity index (χ3v) is 3.48. The molecule has 0 radical (unpaired) electrons. The minimum absolute atomic E-state index is 0.497. The maximum atomic E-state index is 6.20. The van der Waals surface area contributed by atoms with Crippen LogP contribution in [0.1, 0.15) is 18.1 Å². The zero-order chi connectivity index (χ0) is 14.7. The van der Waals surface area contributed by atoms with Gasteiger partial charge in [0.15, 0.2) is 5.82 Å². The summed E-state index contributed by atoms with van der Waals surface area (Å²) in [4.78, 5) is 4.43. The number of halogens is 2. The molecule has 2 aromatic rings. The van der Waals surface area contributed by atoms with Crippen LogP contribution in [0.15, 0.2) is 24.3 Å². The van der Waals surface area contributed by atoms with Crippen molar-refractivity contribution in [2.75, 3.05) is 17.2 Å². The molecule has 0 fully saturated rings. The van der Waals surface area contributed by atoms with Crippen LogP contribution in [0.4, 0.5) is 17.3 Å². The first kappa shape index (κ1) is 14.9. The molecule has 0 aliphatic heterocycles. The van der Waals surface area contributed by atoms with E-state index in [1.54, 1.807) is 6.07 Å². The molecule has 1 aromatic heterocycles. The highest BCUT2D eigenvalue weighted by atomic mass is 35.5. The third kappa shape index (κ3) is 3.35. The van der Waals surface area contributed by atoms with E-state index in [2.05, 4.69) is 28.6 Å². The van der Waals surface area contributed by atoms with E-state index in [1.807, 2.05) is 26.0 Å². The van der Waals surface area contributed by atoms with E-state index in [1.165, 1.54) is 5.56 Å². The summed E-state index contributed by atoms with van der Waals surface area (Å²) in [5.74, 6) is 1.23. The Labute approximate surface area is 129 Å². The number of pyridine rings is 1. The lowest BCUT2D eigenvalue weighted by Crippen LogP contribution is -2.03. The first-order valence-electron chi connectivity index (χ1n) is 6.45. The van der Waals surface area contributed by atoms with Gasteiger partial charge in [-0.1, -0.05) is 40.9 Å². The summed E-state index contributed by atoms with van der Waals surface area (Å²) in [7, 11) is 0. The van der Waals surface area contributed by atoms with Crippen molar-refractivity contribution in [3.05, 3.63) is 45.4 Å². The minimum atomic E-state index is 0.497. The molecule has 2 rings (SSSR count). The second kappa shape index (κ2) is 6.33. The molecule has 0 aliphatic carbocycles. The van der Waals surface area contributed by atoms with Gasteiger partial charge in [-0.25, -0.2) is 4.98 Å². The Morgan fingerprint density at radius 2 is 1.75 bits per heavy atom. The number of aromatic nitrogens is 1. The van der Waals surface area contributed by atoms with Crippen LogP contribution in [0, 0.1) is 13.8 Å². The van der Waals surface area contributed by atoms with Crippen molar-refractivity contribution in [2.24, 2.45) is 0 Å². The number of hydrogen-bond acceptors (Lipinski definition) is 3. The van der Waals surface area contributed by atoms with Gasteiger partial charge in [-0.2, -0.15) is 0 Å². The average molecular weight is 310 g/mol. The van der Waals surface area contributed by atoms with Gasteiger partial charge in [-0.15, -0.1) is 0 Å². The largest absolute Gasteiger partial charge is 0.369 e. The van der Waals surface area contributed by atoms with Gasteiger partial charge in [0.2, 0.25) is 0 Å². The topological polar surface area (TPSA) is 37.0 Å². The Hall–Kier alpha value is -1.45. The monoisotopic (exact) mass is 309 g/mol. The Balaban J connectivity index is 2.35. The minimum Gasteiger partial charge on any atom is -0.369 e. The quantitative estimate of drug-likeness (QED) is 0.817. The van der Waals surface area contributed by atoms with E-state index < -0.39 is 0 Å². The van der Waals surface area contributed by atoms with Crippen molar-refractivity contribution in [1.82, 2.24) is 4.98 Å².